The molecule has 1 aromatic heterocycles. The normalized spacial score (nSPS) is 25.9. The number of aryl methyl sites for hydroxylation is 1. The Morgan fingerprint density at radius 3 is 2.86 bits per heavy atom. The first-order valence-electron chi connectivity index (χ1n) is 8.56. The van der Waals surface area contributed by atoms with Crippen LogP contribution in [-0.4, -0.2) is 47.3 Å². The van der Waals surface area contributed by atoms with E-state index in [0.717, 1.165) is 37.1 Å². The Bertz CT molecular complexity index is 428. The Morgan fingerprint density at radius 2 is 2.10 bits per heavy atom. The molecule has 118 valence electrons. The molecule has 1 unspecified atom stereocenters. The van der Waals surface area contributed by atoms with Gasteiger partial charge < -0.3 is 14.7 Å². The lowest BCUT2D eigenvalue weighted by Gasteiger charge is -2.32. The third-order valence-corrected chi connectivity index (χ3v) is 4.94. The topological polar surface area (TPSA) is 54.2 Å². The van der Waals surface area contributed by atoms with Gasteiger partial charge in [0.2, 0.25) is 5.89 Å². The van der Waals surface area contributed by atoms with Crippen molar-refractivity contribution in [2.24, 2.45) is 5.92 Å². The molecule has 1 saturated heterocycles. The molecule has 3 rings (SSSR count). The second-order valence-corrected chi connectivity index (χ2v) is 6.60. The van der Waals surface area contributed by atoms with Crippen LogP contribution < -0.4 is 5.32 Å². The molecule has 1 aromatic rings. The summed E-state index contributed by atoms with van der Waals surface area (Å²) in [5.41, 5.74) is 0. The maximum absolute atomic E-state index is 5.23. The maximum Gasteiger partial charge on any atom is 0.227 e. The molecule has 0 aromatic carbocycles. The van der Waals surface area contributed by atoms with Gasteiger partial charge in [-0.25, -0.2) is 0 Å². The van der Waals surface area contributed by atoms with Gasteiger partial charge in [-0.2, -0.15) is 4.98 Å². The van der Waals surface area contributed by atoms with Crippen LogP contribution in [0.4, 0.5) is 0 Å². The summed E-state index contributed by atoms with van der Waals surface area (Å²) in [5, 5.41) is 7.66. The lowest BCUT2D eigenvalue weighted by Crippen LogP contribution is -2.44. The number of rotatable bonds is 4. The summed E-state index contributed by atoms with van der Waals surface area (Å²) >= 11 is 0. The van der Waals surface area contributed by atoms with Gasteiger partial charge in [-0.15, -0.1) is 0 Å². The van der Waals surface area contributed by atoms with Gasteiger partial charge in [-0.05, 0) is 45.2 Å². The van der Waals surface area contributed by atoms with Crippen molar-refractivity contribution in [2.45, 2.75) is 57.9 Å². The van der Waals surface area contributed by atoms with Crippen LogP contribution in [-0.2, 0) is 6.42 Å². The average Bonchev–Trinajstić information content (AvgIpc) is 2.79. The molecular weight excluding hydrogens is 264 g/mol. The molecule has 5 heteroatoms. The van der Waals surface area contributed by atoms with Crippen molar-refractivity contribution in [3.05, 3.63) is 11.7 Å². The van der Waals surface area contributed by atoms with Gasteiger partial charge in [0.15, 0.2) is 5.82 Å². The smallest absolute Gasteiger partial charge is 0.227 e. The number of nitrogens with one attached hydrogen (secondary N) is 1. The minimum absolute atomic E-state index is 0.678. The van der Waals surface area contributed by atoms with Crippen LogP contribution in [0.3, 0.4) is 0 Å². The highest BCUT2D eigenvalue weighted by Gasteiger charge is 2.26. The summed E-state index contributed by atoms with van der Waals surface area (Å²) in [4.78, 5) is 6.89. The van der Waals surface area contributed by atoms with Crippen molar-refractivity contribution >= 4 is 0 Å². The van der Waals surface area contributed by atoms with Crippen LogP contribution in [0.5, 0.6) is 0 Å². The van der Waals surface area contributed by atoms with Crippen molar-refractivity contribution in [3.63, 3.8) is 0 Å². The van der Waals surface area contributed by atoms with E-state index in [-0.39, 0.29) is 0 Å². The summed E-state index contributed by atoms with van der Waals surface area (Å²) in [6.45, 7) is 6.44. The van der Waals surface area contributed by atoms with Gasteiger partial charge in [0.25, 0.3) is 0 Å². The quantitative estimate of drug-likeness (QED) is 0.921. The summed E-state index contributed by atoms with van der Waals surface area (Å²) in [6, 6.07) is 0.678. The van der Waals surface area contributed by atoms with Crippen LogP contribution >= 0.6 is 0 Å². The average molecular weight is 292 g/mol. The second kappa shape index (κ2) is 7.36. The van der Waals surface area contributed by atoms with Crippen molar-refractivity contribution < 1.29 is 4.52 Å². The van der Waals surface area contributed by atoms with Crippen molar-refractivity contribution in [2.75, 3.05) is 26.2 Å². The Balaban J connectivity index is 1.51. The first kappa shape index (κ1) is 15.0. The maximum atomic E-state index is 5.23. The molecule has 0 spiro atoms. The first-order valence-corrected chi connectivity index (χ1v) is 8.56. The predicted octanol–water partition coefficient (Wildman–Crippen LogP) is 2.16. The largest absolute Gasteiger partial charge is 0.339 e. The van der Waals surface area contributed by atoms with Crippen LogP contribution in [0.1, 0.15) is 50.2 Å². The van der Waals surface area contributed by atoms with E-state index in [1.165, 1.54) is 51.6 Å². The zero-order valence-corrected chi connectivity index (χ0v) is 13.2. The number of hydrogen-bond acceptors (Lipinski definition) is 5. The Morgan fingerprint density at radius 1 is 1.24 bits per heavy atom. The van der Waals surface area contributed by atoms with Gasteiger partial charge in [0.05, 0.1) is 0 Å². The van der Waals surface area contributed by atoms with Crippen LogP contribution in [0.15, 0.2) is 4.52 Å². The number of hydrogen-bond donors (Lipinski definition) is 1. The molecule has 2 aliphatic rings. The lowest BCUT2D eigenvalue weighted by molar-refractivity contribution is 0.203. The highest BCUT2D eigenvalue weighted by Crippen LogP contribution is 2.27. The molecule has 0 radical (unpaired) electrons. The van der Waals surface area contributed by atoms with E-state index in [1.54, 1.807) is 0 Å². The zero-order valence-electron chi connectivity index (χ0n) is 13.2. The van der Waals surface area contributed by atoms with Gasteiger partial charge in [-0.3, -0.25) is 0 Å². The lowest BCUT2D eigenvalue weighted by atomic mass is 9.83. The highest BCUT2D eigenvalue weighted by molar-refractivity contribution is 4.87. The fraction of sp³-hybridized carbons (Fsp3) is 0.875. The molecule has 0 amide bonds. The first-order chi connectivity index (χ1) is 10.3. The third kappa shape index (κ3) is 4.27. The van der Waals surface area contributed by atoms with E-state index in [0.29, 0.717) is 6.04 Å². The zero-order chi connectivity index (χ0) is 14.5. The van der Waals surface area contributed by atoms with Crippen LogP contribution in [0.2, 0.25) is 0 Å². The van der Waals surface area contributed by atoms with Crippen molar-refractivity contribution in [1.82, 2.24) is 20.4 Å². The summed E-state index contributed by atoms with van der Waals surface area (Å²) in [6.07, 6.45) is 9.21. The standard InChI is InChI=1S/C16H28N4O/c1-13-18-16(21-19-13)8-11-20-10-5-9-17-15(12-20)14-6-3-2-4-7-14/h14-15,17H,2-12H2,1H3. The van der Waals surface area contributed by atoms with Gasteiger partial charge in [-0.1, -0.05) is 24.4 Å². The highest BCUT2D eigenvalue weighted by atomic mass is 16.5. The monoisotopic (exact) mass is 292 g/mol. The van der Waals surface area contributed by atoms with E-state index in [2.05, 4.69) is 20.4 Å². The van der Waals surface area contributed by atoms with Crippen molar-refractivity contribution in [3.8, 4) is 0 Å². The Labute approximate surface area is 127 Å². The second-order valence-electron chi connectivity index (χ2n) is 6.60. The van der Waals surface area contributed by atoms with Gasteiger partial charge >= 0.3 is 0 Å². The van der Waals surface area contributed by atoms with Crippen LogP contribution in [0.25, 0.3) is 0 Å². The fourth-order valence-electron chi connectivity index (χ4n) is 3.77. The SMILES string of the molecule is Cc1noc(CCN2CCCNC(C3CCCCC3)C2)n1. The molecule has 0 bridgehead atoms. The molecule has 1 aliphatic carbocycles. The molecule has 1 atom stereocenters. The minimum atomic E-state index is 0.678. The molecule has 1 N–H and O–H groups in total. The van der Waals surface area contributed by atoms with E-state index >= 15 is 0 Å². The van der Waals surface area contributed by atoms with Gasteiger partial charge in [0.1, 0.15) is 0 Å². The summed E-state index contributed by atoms with van der Waals surface area (Å²) in [5.74, 6) is 2.39. The van der Waals surface area contributed by atoms with Crippen molar-refractivity contribution in [1.29, 1.82) is 0 Å². The summed E-state index contributed by atoms with van der Waals surface area (Å²) < 4.78 is 5.23. The minimum Gasteiger partial charge on any atom is -0.339 e. The van der Waals surface area contributed by atoms with E-state index < -0.39 is 0 Å². The predicted molar refractivity (Wildman–Crippen MR) is 82.2 cm³/mol. The Kier molecular flexibility index (Phi) is 5.25. The van der Waals surface area contributed by atoms with Crippen LogP contribution in [0, 0.1) is 12.8 Å². The molecule has 21 heavy (non-hydrogen) atoms. The summed E-state index contributed by atoms with van der Waals surface area (Å²) in [7, 11) is 0. The molecule has 1 aliphatic heterocycles. The van der Waals surface area contributed by atoms with E-state index in [1.807, 2.05) is 6.92 Å². The Hall–Kier alpha value is -0.940. The molecule has 2 heterocycles. The molecule has 1 saturated carbocycles. The third-order valence-electron chi connectivity index (χ3n) is 4.94. The van der Waals surface area contributed by atoms with E-state index in [9.17, 15) is 0 Å². The number of aromatic nitrogens is 2. The molecular formula is C16H28N4O. The number of nitrogens with zero attached hydrogens (tertiary/aromatic N) is 3. The van der Waals surface area contributed by atoms with E-state index in [4.69, 9.17) is 4.52 Å². The molecule has 5 nitrogen and oxygen atoms in total. The fourth-order valence-corrected chi connectivity index (χ4v) is 3.77. The van der Waals surface area contributed by atoms with Gasteiger partial charge in [0, 0.05) is 25.6 Å². The molecule has 2 fully saturated rings.